The van der Waals surface area contributed by atoms with Crippen molar-refractivity contribution in [2.24, 2.45) is 0 Å². The highest BCUT2D eigenvalue weighted by Gasteiger charge is 2.33. The number of nitrogens with one attached hydrogen (secondary N) is 1. The summed E-state index contributed by atoms with van der Waals surface area (Å²) < 4.78 is 45.7. The van der Waals surface area contributed by atoms with Crippen LogP contribution < -0.4 is 10.1 Å². The number of alkyl halides is 3. The van der Waals surface area contributed by atoms with Crippen molar-refractivity contribution in [2.75, 3.05) is 6.61 Å². The summed E-state index contributed by atoms with van der Waals surface area (Å²) in [5.74, 6) is 0.0408. The zero-order chi connectivity index (χ0) is 29.0. The topological polar surface area (TPSA) is 96.6 Å². The van der Waals surface area contributed by atoms with Crippen LogP contribution in [0.2, 0.25) is 5.02 Å². The molecule has 0 fully saturated rings. The third-order valence-electron chi connectivity index (χ3n) is 5.77. The van der Waals surface area contributed by atoms with E-state index in [-0.39, 0.29) is 30.5 Å². The minimum absolute atomic E-state index is 0.0679. The van der Waals surface area contributed by atoms with Crippen LogP contribution in [-0.4, -0.2) is 50.6 Å². The maximum absolute atomic E-state index is 13.0. The van der Waals surface area contributed by atoms with E-state index in [9.17, 15) is 28.2 Å². The first kappa shape index (κ1) is 30.5. The van der Waals surface area contributed by atoms with Gasteiger partial charge in [0.1, 0.15) is 23.7 Å². The Kier molecular flexibility index (Phi) is 9.69. The van der Waals surface area contributed by atoms with Gasteiger partial charge in [0.05, 0.1) is 16.8 Å². The molecule has 0 radical (unpaired) electrons. The lowest BCUT2D eigenvalue weighted by molar-refractivity contribution is -0.142. The zero-order valence-electron chi connectivity index (χ0n) is 22.2. The lowest BCUT2D eigenvalue weighted by Crippen LogP contribution is -2.37. The predicted molar refractivity (Wildman–Crippen MR) is 143 cm³/mol. The summed E-state index contributed by atoms with van der Waals surface area (Å²) in [6.45, 7) is 5.10. The zero-order valence-corrected chi connectivity index (χ0v) is 23.0. The molecule has 1 heterocycles. The van der Waals surface area contributed by atoms with E-state index in [0.717, 1.165) is 10.1 Å². The van der Waals surface area contributed by atoms with Crippen LogP contribution in [0.3, 0.4) is 0 Å². The van der Waals surface area contributed by atoms with Crippen LogP contribution in [-0.2, 0) is 18.6 Å². The molecule has 212 valence electrons. The second kappa shape index (κ2) is 12.4. The summed E-state index contributed by atoms with van der Waals surface area (Å²) in [6.07, 6.45) is -2.54. The Morgan fingerprint density at radius 2 is 1.82 bits per heavy atom. The van der Waals surface area contributed by atoms with Crippen LogP contribution in [0.5, 0.6) is 5.75 Å². The number of aliphatic hydroxyl groups is 2. The van der Waals surface area contributed by atoms with Gasteiger partial charge in [-0.2, -0.15) is 13.2 Å². The number of aromatic nitrogens is 2. The first-order valence-corrected chi connectivity index (χ1v) is 12.9. The monoisotopic (exact) mass is 567 g/mol. The van der Waals surface area contributed by atoms with Gasteiger partial charge in [-0.05, 0) is 64.3 Å². The van der Waals surface area contributed by atoms with Crippen LogP contribution in [0.25, 0.3) is 11.3 Å². The molecule has 0 bridgehead atoms. The van der Waals surface area contributed by atoms with Crippen molar-refractivity contribution in [3.63, 3.8) is 0 Å². The lowest BCUT2D eigenvalue weighted by Gasteiger charge is -2.19. The SMILES string of the molecule is CC(C)Oc1ccc(C(=O)N[C@H](CCO)Cc2ccc(-c3cn(CC(F)(F)F)c(C(C)(C)O)n3)cc2)cc1Cl. The molecule has 3 rings (SSSR count). The molecule has 0 aliphatic carbocycles. The number of benzene rings is 2. The van der Waals surface area contributed by atoms with Gasteiger partial charge in [0, 0.05) is 30.0 Å². The molecule has 2 aromatic carbocycles. The van der Waals surface area contributed by atoms with Crippen LogP contribution in [0.1, 0.15) is 55.9 Å². The standard InChI is InChI=1S/C28H33ClF3N3O4/c1-17(2)39-24-10-9-20(14-22(24)29)25(37)33-21(11-12-36)13-18-5-7-19(8-6-18)23-15-35(16-28(30,31)32)26(34-23)27(3,4)38/h5-10,14-15,17,21,36,38H,11-13,16H2,1-4H3,(H,33,37)/t21-/m1/s1. The van der Waals surface area contributed by atoms with Gasteiger partial charge in [0.25, 0.3) is 5.91 Å². The van der Waals surface area contributed by atoms with Crippen molar-refractivity contribution in [1.29, 1.82) is 0 Å². The van der Waals surface area contributed by atoms with Gasteiger partial charge in [-0.25, -0.2) is 4.98 Å². The van der Waals surface area contributed by atoms with E-state index in [1.54, 1.807) is 36.4 Å². The van der Waals surface area contributed by atoms with Crippen molar-refractivity contribution >= 4 is 17.5 Å². The van der Waals surface area contributed by atoms with Crippen molar-refractivity contribution in [1.82, 2.24) is 14.9 Å². The molecular weight excluding hydrogens is 535 g/mol. The predicted octanol–water partition coefficient (Wildman–Crippen LogP) is 5.50. The number of carbonyl (C=O) groups is 1. The molecule has 7 nitrogen and oxygen atoms in total. The molecule has 0 spiro atoms. The smallest absolute Gasteiger partial charge is 0.406 e. The Labute approximate surface area is 230 Å². The highest BCUT2D eigenvalue weighted by atomic mass is 35.5. The Bertz CT molecular complexity index is 1270. The summed E-state index contributed by atoms with van der Waals surface area (Å²) >= 11 is 6.26. The molecule has 3 aromatic rings. The second-order valence-corrected chi connectivity index (χ2v) is 10.6. The third kappa shape index (κ3) is 8.71. The second-order valence-electron chi connectivity index (χ2n) is 10.1. The lowest BCUT2D eigenvalue weighted by atomic mass is 10.0. The maximum atomic E-state index is 13.0. The largest absolute Gasteiger partial charge is 0.489 e. The van der Waals surface area contributed by atoms with E-state index in [2.05, 4.69) is 10.3 Å². The number of nitrogens with zero attached hydrogens (tertiary/aromatic N) is 2. The fraction of sp³-hybridized carbons (Fsp3) is 0.429. The van der Waals surface area contributed by atoms with Crippen molar-refractivity contribution in [3.05, 3.63) is 70.6 Å². The van der Waals surface area contributed by atoms with Gasteiger partial charge in [-0.3, -0.25) is 4.79 Å². The number of carbonyl (C=O) groups excluding carboxylic acids is 1. The van der Waals surface area contributed by atoms with Crippen molar-refractivity contribution in [2.45, 2.75) is 71.0 Å². The van der Waals surface area contributed by atoms with Crippen LogP contribution in [0.4, 0.5) is 13.2 Å². The molecule has 0 aliphatic rings. The molecule has 0 aliphatic heterocycles. The van der Waals surface area contributed by atoms with E-state index in [4.69, 9.17) is 16.3 Å². The summed E-state index contributed by atoms with van der Waals surface area (Å²) in [5, 5.41) is 23.1. The average molecular weight is 568 g/mol. The van der Waals surface area contributed by atoms with Crippen molar-refractivity contribution < 1.29 is 32.9 Å². The quantitative estimate of drug-likeness (QED) is 0.284. The van der Waals surface area contributed by atoms with Gasteiger partial charge >= 0.3 is 6.18 Å². The fourth-order valence-corrected chi connectivity index (χ4v) is 4.32. The number of rotatable bonds is 11. The molecule has 1 amide bonds. The summed E-state index contributed by atoms with van der Waals surface area (Å²) in [4.78, 5) is 17.1. The van der Waals surface area contributed by atoms with E-state index in [1.807, 2.05) is 13.8 Å². The molecule has 0 saturated carbocycles. The Morgan fingerprint density at radius 3 is 2.36 bits per heavy atom. The molecule has 39 heavy (non-hydrogen) atoms. The molecule has 3 N–H and O–H groups in total. The maximum Gasteiger partial charge on any atom is 0.406 e. The van der Waals surface area contributed by atoms with Gasteiger partial charge < -0.3 is 24.8 Å². The van der Waals surface area contributed by atoms with Gasteiger partial charge in [0.2, 0.25) is 0 Å². The minimum Gasteiger partial charge on any atom is -0.489 e. The highest BCUT2D eigenvalue weighted by molar-refractivity contribution is 6.32. The normalized spacial score (nSPS) is 13.0. The van der Waals surface area contributed by atoms with E-state index >= 15 is 0 Å². The number of aliphatic hydroxyl groups excluding tert-OH is 1. The van der Waals surface area contributed by atoms with Crippen LogP contribution in [0, 0.1) is 0 Å². The van der Waals surface area contributed by atoms with E-state index in [0.29, 0.717) is 40.4 Å². The summed E-state index contributed by atoms with van der Waals surface area (Å²) in [6, 6.07) is 11.4. The molecule has 11 heteroatoms. The van der Waals surface area contributed by atoms with E-state index < -0.39 is 18.3 Å². The molecule has 1 aromatic heterocycles. The third-order valence-corrected chi connectivity index (χ3v) is 6.07. The molecular formula is C28H33ClF3N3O4. The Morgan fingerprint density at radius 1 is 1.15 bits per heavy atom. The molecule has 0 saturated heterocycles. The number of amides is 1. The summed E-state index contributed by atoms with van der Waals surface area (Å²) in [5.41, 5.74) is 0.502. The fourth-order valence-electron chi connectivity index (χ4n) is 4.09. The number of hydrogen-bond donors (Lipinski definition) is 3. The van der Waals surface area contributed by atoms with E-state index in [1.165, 1.54) is 26.1 Å². The van der Waals surface area contributed by atoms with Crippen molar-refractivity contribution in [3.8, 4) is 17.0 Å². The summed E-state index contributed by atoms with van der Waals surface area (Å²) in [7, 11) is 0. The number of ether oxygens (including phenoxy) is 1. The van der Waals surface area contributed by atoms with Crippen LogP contribution >= 0.6 is 11.6 Å². The van der Waals surface area contributed by atoms with Gasteiger partial charge in [-0.15, -0.1) is 0 Å². The molecule has 0 unspecified atom stereocenters. The van der Waals surface area contributed by atoms with Crippen LogP contribution in [0.15, 0.2) is 48.7 Å². The number of hydrogen-bond acceptors (Lipinski definition) is 5. The number of imidazole rings is 1. The average Bonchev–Trinajstić information content (AvgIpc) is 3.23. The van der Waals surface area contributed by atoms with Gasteiger partial charge in [-0.1, -0.05) is 35.9 Å². The Hall–Kier alpha value is -3.08. The minimum atomic E-state index is -4.47. The first-order chi connectivity index (χ1) is 18.2. The number of halogens is 4. The first-order valence-electron chi connectivity index (χ1n) is 12.5. The highest BCUT2D eigenvalue weighted by Crippen LogP contribution is 2.29. The molecule has 1 atom stereocenters. The Balaban J connectivity index is 1.74. The van der Waals surface area contributed by atoms with Gasteiger partial charge in [0.15, 0.2) is 0 Å².